The Balaban J connectivity index is 0.00000108. The average Bonchev–Trinajstić information content (AvgIpc) is 3.22. The predicted octanol–water partition coefficient (Wildman–Crippen LogP) is 3.90. The number of alkyl halides is 3. The van der Waals surface area contributed by atoms with Crippen molar-refractivity contribution in [3.8, 4) is 22.6 Å². The molecular formula is C22H20F3N7O3. The summed E-state index contributed by atoms with van der Waals surface area (Å²) >= 11 is 0. The summed E-state index contributed by atoms with van der Waals surface area (Å²) in [5, 5.41) is 12.3. The molecule has 0 bridgehead atoms. The van der Waals surface area contributed by atoms with E-state index >= 15 is 0 Å². The Morgan fingerprint density at radius 3 is 2.57 bits per heavy atom. The molecule has 0 saturated carbocycles. The van der Waals surface area contributed by atoms with Crippen molar-refractivity contribution < 1.29 is 27.9 Å². The number of aromatic nitrogens is 4. The topological polar surface area (TPSA) is 148 Å². The highest BCUT2D eigenvalue weighted by Gasteiger charge is 2.34. The Labute approximate surface area is 196 Å². The maximum atomic E-state index is 12.9. The van der Waals surface area contributed by atoms with Crippen molar-refractivity contribution in [2.75, 3.05) is 17.6 Å². The van der Waals surface area contributed by atoms with E-state index in [1.165, 1.54) is 0 Å². The van der Waals surface area contributed by atoms with Crippen LogP contribution in [0.1, 0.15) is 12.5 Å². The van der Waals surface area contributed by atoms with Gasteiger partial charge in [-0.3, -0.25) is 9.20 Å². The number of nitrogens with zero attached hydrogens (tertiary/aromatic N) is 4. The molecule has 13 heteroatoms. The van der Waals surface area contributed by atoms with Crippen molar-refractivity contribution >= 4 is 29.7 Å². The van der Waals surface area contributed by atoms with E-state index in [2.05, 4.69) is 25.6 Å². The highest BCUT2D eigenvalue weighted by atomic mass is 19.4. The molecule has 4 aromatic rings. The highest BCUT2D eigenvalue weighted by Crippen LogP contribution is 2.33. The lowest BCUT2D eigenvalue weighted by Gasteiger charge is -2.10. The molecule has 35 heavy (non-hydrogen) atoms. The largest absolute Gasteiger partial charge is 0.483 e. The van der Waals surface area contributed by atoms with Crippen molar-refractivity contribution in [2.45, 2.75) is 13.1 Å². The molecule has 2 amide bonds. The summed E-state index contributed by atoms with van der Waals surface area (Å²) in [5.41, 5.74) is 7.61. The molecule has 0 unspecified atom stereocenters. The summed E-state index contributed by atoms with van der Waals surface area (Å²) < 4.78 is 40.5. The Morgan fingerprint density at radius 1 is 1.17 bits per heavy atom. The molecule has 10 nitrogen and oxygen atoms in total. The second-order valence-corrected chi connectivity index (χ2v) is 6.95. The summed E-state index contributed by atoms with van der Waals surface area (Å²) in [7, 11) is 0. The number of nitrogens with one attached hydrogen (secondary N) is 2. The molecule has 0 radical (unpaired) electrons. The van der Waals surface area contributed by atoms with Crippen molar-refractivity contribution in [2.24, 2.45) is 0 Å². The van der Waals surface area contributed by atoms with Crippen molar-refractivity contribution in [3.63, 3.8) is 0 Å². The highest BCUT2D eigenvalue weighted by molar-refractivity contribution is 5.90. The van der Waals surface area contributed by atoms with E-state index in [-0.39, 0.29) is 18.3 Å². The zero-order chi connectivity index (χ0) is 25.6. The quantitative estimate of drug-likeness (QED) is 0.319. The number of fused-ring (bicyclic) bond motifs is 1. The summed E-state index contributed by atoms with van der Waals surface area (Å²) in [6.45, 7) is 2.09. The number of rotatable bonds is 4. The van der Waals surface area contributed by atoms with Crippen LogP contribution in [0, 0.1) is 0 Å². The number of nitrogens with two attached hydrogens (primary N) is 1. The fraction of sp³-hybridized carbons (Fsp3) is 0.136. The number of hydrogen-bond donors (Lipinski definition) is 4. The van der Waals surface area contributed by atoms with E-state index in [1.807, 2.05) is 29.5 Å². The number of nitrogen functional groups attached to an aromatic ring is 1. The summed E-state index contributed by atoms with van der Waals surface area (Å²) in [5.74, 6) is -0.571. The van der Waals surface area contributed by atoms with Crippen molar-refractivity contribution in [1.82, 2.24) is 24.7 Å². The molecule has 0 saturated heterocycles. The van der Waals surface area contributed by atoms with E-state index in [0.717, 1.165) is 11.3 Å². The fourth-order valence-corrected chi connectivity index (χ4v) is 3.18. The molecule has 3 aromatic heterocycles. The number of carbonyl (C=O) groups is 2. The van der Waals surface area contributed by atoms with Gasteiger partial charge in [-0.25, -0.2) is 19.7 Å². The second kappa shape index (κ2) is 10.5. The molecule has 5 N–H and O–H groups in total. The molecule has 1 aromatic carbocycles. The third-order valence-electron chi connectivity index (χ3n) is 4.65. The lowest BCUT2D eigenvalue weighted by atomic mass is 10.1. The maximum Gasteiger partial charge on any atom is 0.421 e. The minimum absolute atomic E-state index is 0.0654. The van der Waals surface area contributed by atoms with Crippen LogP contribution in [0.4, 0.5) is 29.5 Å². The number of amides is 2. The third-order valence-corrected chi connectivity index (χ3v) is 4.65. The van der Waals surface area contributed by atoms with Crippen LogP contribution in [0.25, 0.3) is 28.3 Å². The van der Waals surface area contributed by atoms with Gasteiger partial charge in [0.2, 0.25) is 0 Å². The predicted molar refractivity (Wildman–Crippen MR) is 122 cm³/mol. The fourth-order valence-electron chi connectivity index (χ4n) is 3.18. The van der Waals surface area contributed by atoms with Crippen LogP contribution in [-0.2, 0) is 11.0 Å². The normalized spacial score (nSPS) is 10.9. The number of carboxylic acid groups (broad SMARTS) is 1. The summed E-state index contributed by atoms with van der Waals surface area (Å²) in [6.07, 6.45) is -0.572. The van der Waals surface area contributed by atoms with Crippen LogP contribution in [0.3, 0.4) is 0 Å². The third kappa shape index (κ3) is 5.82. The molecule has 0 fully saturated rings. The zero-order valence-corrected chi connectivity index (χ0v) is 18.2. The molecule has 182 valence electrons. The summed E-state index contributed by atoms with van der Waals surface area (Å²) in [4.78, 5) is 32.1. The van der Waals surface area contributed by atoms with Crippen LogP contribution in [-0.4, -0.2) is 43.5 Å². The van der Waals surface area contributed by atoms with Crippen LogP contribution in [0.2, 0.25) is 0 Å². The Hall–Kier alpha value is -4.68. The van der Waals surface area contributed by atoms with Gasteiger partial charge in [0.1, 0.15) is 17.0 Å². The molecule has 3 heterocycles. The van der Waals surface area contributed by atoms with Gasteiger partial charge in [-0.15, -0.1) is 0 Å². The van der Waals surface area contributed by atoms with E-state index in [0.29, 0.717) is 29.6 Å². The van der Waals surface area contributed by atoms with E-state index in [4.69, 9.17) is 15.6 Å². The second-order valence-electron chi connectivity index (χ2n) is 6.95. The first-order valence-corrected chi connectivity index (χ1v) is 10.1. The number of urea groups is 1. The molecule has 0 aliphatic heterocycles. The van der Waals surface area contributed by atoms with Crippen LogP contribution >= 0.6 is 0 Å². The molecule has 0 atom stereocenters. The number of benzene rings is 1. The number of halogens is 3. The van der Waals surface area contributed by atoms with Gasteiger partial charge in [0.25, 0.3) is 6.47 Å². The van der Waals surface area contributed by atoms with Gasteiger partial charge in [0, 0.05) is 35.8 Å². The van der Waals surface area contributed by atoms with Gasteiger partial charge in [-0.1, -0.05) is 12.1 Å². The number of hydrogen-bond acceptors (Lipinski definition) is 6. The molecule has 0 aliphatic rings. The average molecular weight is 487 g/mol. The lowest BCUT2D eigenvalue weighted by Crippen LogP contribution is -2.28. The number of carbonyl (C=O) groups excluding carboxylic acids is 1. The van der Waals surface area contributed by atoms with Gasteiger partial charge in [-0.2, -0.15) is 13.2 Å². The number of anilines is 2. The minimum Gasteiger partial charge on any atom is -0.483 e. The van der Waals surface area contributed by atoms with Crippen LogP contribution in [0.15, 0.2) is 55.0 Å². The Kier molecular flexibility index (Phi) is 7.49. The standard InChI is InChI=1S/C21H18F3N7O.CH2O2/c1-2-26-20(32)29-14-5-3-4-12(8-14)16-11-27-17-9-13(6-7-31(16)17)19-28-10-15(18(25)30-19)21(22,23)24;2-1-3/h3-11H,2H2,1H3,(H2,25,28,30)(H2,26,29,32);1H,(H,2,3). The molecular weight excluding hydrogens is 467 g/mol. The first-order valence-electron chi connectivity index (χ1n) is 10.1. The van der Waals surface area contributed by atoms with Gasteiger partial charge in [-0.05, 0) is 31.2 Å². The Bertz CT molecular complexity index is 1360. The monoisotopic (exact) mass is 487 g/mol. The first kappa shape index (κ1) is 25.0. The number of pyridine rings is 1. The van der Waals surface area contributed by atoms with Gasteiger partial charge >= 0.3 is 12.2 Å². The molecule has 4 rings (SSSR count). The lowest BCUT2D eigenvalue weighted by molar-refractivity contribution is -0.137. The van der Waals surface area contributed by atoms with Gasteiger partial charge < -0.3 is 21.5 Å². The smallest absolute Gasteiger partial charge is 0.421 e. The maximum absolute atomic E-state index is 12.9. The van der Waals surface area contributed by atoms with Crippen molar-refractivity contribution in [3.05, 3.63) is 60.6 Å². The van der Waals surface area contributed by atoms with Crippen LogP contribution < -0.4 is 16.4 Å². The van der Waals surface area contributed by atoms with Crippen molar-refractivity contribution in [1.29, 1.82) is 0 Å². The van der Waals surface area contributed by atoms with E-state index in [1.54, 1.807) is 30.6 Å². The minimum atomic E-state index is -4.62. The zero-order valence-electron chi connectivity index (χ0n) is 18.2. The SMILES string of the molecule is CCNC(=O)Nc1cccc(-c2cnc3cc(-c4ncc(C(F)(F)F)c(N)n4)ccn23)c1.O=CO. The Morgan fingerprint density at radius 2 is 1.91 bits per heavy atom. The molecule has 0 spiro atoms. The van der Waals surface area contributed by atoms with Gasteiger partial charge in [0.05, 0.1) is 11.9 Å². The molecule has 0 aliphatic carbocycles. The number of imidazole rings is 1. The summed E-state index contributed by atoms with van der Waals surface area (Å²) in [6, 6.07) is 10.3. The van der Waals surface area contributed by atoms with E-state index < -0.39 is 17.6 Å². The van der Waals surface area contributed by atoms with Gasteiger partial charge in [0.15, 0.2) is 5.82 Å². The first-order chi connectivity index (χ1) is 16.7. The van der Waals surface area contributed by atoms with Crippen LogP contribution in [0.5, 0.6) is 0 Å². The van der Waals surface area contributed by atoms with E-state index in [9.17, 15) is 18.0 Å².